The molecule has 0 heterocycles. The molecule has 0 spiro atoms. The van der Waals surface area contributed by atoms with Crippen LogP contribution in [0.5, 0.6) is 5.75 Å². The Labute approximate surface area is 91.5 Å². The first-order chi connectivity index (χ1) is 7.17. The van der Waals surface area contributed by atoms with E-state index in [1.807, 2.05) is 0 Å². The van der Waals surface area contributed by atoms with Crippen LogP contribution in [0.4, 0.5) is 4.39 Å². The van der Waals surface area contributed by atoms with Gasteiger partial charge in [-0.25, -0.2) is 4.39 Å². The van der Waals surface area contributed by atoms with Crippen molar-refractivity contribution < 1.29 is 9.13 Å². The van der Waals surface area contributed by atoms with E-state index in [1.165, 1.54) is 24.9 Å². The van der Waals surface area contributed by atoms with Gasteiger partial charge in [-0.05, 0) is 11.6 Å². The van der Waals surface area contributed by atoms with E-state index in [2.05, 4.69) is 5.10 Å². The van der Waals surface area contributed by atoms with E-state index in [0.29, 0.717) is 17.1 Å². The van der Waals surface area contributed by atoms with Crippen molar-refractivity contribution >= 4 is 16.9 Å². The van der Waals surface area contributed by atoms with Crippen molar-refractivity contribution in [3.05, 3.63) is 29.6 Å². The molecule has 0 bridgehead atoms. The lowest BCUT2D eigenvalue weighted by atomic mass is 10.2. The monoisotopic (exact) mass is 229 g/mol. The van der Waals surface area contributed by atoms with E-state index < -0.39 is 0 Å². The van der Waals surface area contributed by atoms with E-state index in [1.54, 1.807) is 12.1 Å². The number of nitrogens with zero attached hydrogens (tertiary/aromatic N) is 1. The molecule has 1 aromatic carbocycles. The average molecular weight is 229 g/mol. The molecule has 0 fully saturated rings. The molecule has 0 aliphatic carbocycles. The maximum Gasteiger partial charge on any atom is 0.177 e. The van der Waals surface area contributed by atoms with Crippen LogP contribution < -0.4 is 16.3 Å². The molecule has 1 aromatic rings. The molecule has 0 saturated heterocycles. The summed E-state index contributed by atoms with van der Waals surface area (Å²) < 4.78 is 18.3. The van der Waals surface area contributed by atoms with E-state index in [9.17, 15) is 4.39 Å². The van der Waals surface area contributed by atoms with Gasteiger partial charge in [0.05, 0.1) is 7.11 Å². The Kier molecular flexibility index (Phi) is 4.23. The Balaban J connectivity index is 2.70. The normalized spacial score (nSPS) is 11.5. The van der Waals surface area contributed by atoms with Gasteiger partial charge in [0, 0.05) is 11.8 Å². The zero-order chi connectivity index (χ0) is 11.3. The van der Waals surface area contributed by atoms with Crippen molar-refractivity contribution in [2.75, 3.05) is 7.11 Å². The average Bonchev–Trinajstić information content (AvgIpc) is 2.26. The summed E-state index contributed by atoms with van der Waals surface area (Å²) in [5, 5.41) is 3.50. The molecule has 0 aliphatic heterocycles. The van der Waals surface area contributed by atoms with Crippen LogP contribution in [0, 0.1) is 5.82 Å². The largest absolute Gasteiger partial charge is 0.497 e. The van der Waals surface area contributed by atoms with Crippen LogP contribution >= 0.6 is 11.8 Å². The first-order valence-electron chi connectivity index (χ1n) is 4.16. The lowest BCUT2D eigenvalue weighted by Crippen LogP contribution is -2.09. The van der Waals surface area contributed by atoms with Gasteiger partial charge in [-0.1, -0.05) is 17.8 Å². The number of thioether (sulfide) groups is 1. The third-order valence-corrected chi connectivity index (χ3v) is 2.62. The first-order valence-corrected chi connectivity index (χ1v) is 5.14. The van der Waals surface area contributed by atoms with Crippen LogP contribution in [0.15, 0.2) is 23.3 Å². The van der Waals surface area contributed by atoms with Crippen LogP contribution in [0.2, 0.25) is 0 Å². The summed E-state index contributed by atoms with van der Waals surface area (Å²) >= 11 is 1.18. The molecule has 6 heteroatoms. The quantitative estimate of drug-likeness (QED) is 0.354. The third kappa shape index (κ3) is 3.32. The molecule has 1 rings (SSSR count). The Bertz CT molecular complexity index is 370. The summed E-state index contributed by atoms with van der Waals surface area (Å²) in [5.74, 6) is 5.50. The number of hydrazone groups is 1. The van der Waals surface area contributed by atoms with Gasteiger partial charge in [-0.2, -0.15) is 5.10 Å². The second-order valence-electron chi connectivity index (χ2n) is 2.71. The van der Waals surface area contributed by atoms with Gasteiger partial charge in [-0.15, -0.1) is 0 Å². The van der Waals surface area contributed by atoms with Crippen LogP contribution in [0.3, 0.4) is 0 Å². The summed E-state index contributed by atoms with van der Waals surface area (Å²) in [6, 6.07) is 4.66. The number of rotatable bonds is 3. The smallest absolute Gasteiger partial charge is 0.177 e. The maximum atomic E-state index is 13.4. The van der Waals surface area contributed by atoms with E-state index >= 15 is 0 Å². The molecule has 0 radical (unpaired) electrons. The zero-order valence-electron chi connectivity index (χ0n) is 8.24. The van der Waals surface area contributed by atoms with Crippen molar-refractivity contribution in [1.29, 1.82) is 0 Å². The topological polar surface area (TPSA) is 73.6 Å². The summed E-state index contributed by atoms with van der Waals surface area (Å²) in [5.41, 5.74) is 5.90. The molecule has 0 unspecified atom stereocenters. The van der Waals surface area contributed by atoms with Gasteiger partial charge in [0.1, 0.15) is 11.6 Å². The molecular formula is C9H12FN3OS. The lowest BCUT2D eigenvalue weighted by molar-refractivity contribution is 0.411. The minimum atomic E-state index is -0.327. The van der Waals surface area contributed by atoms with Crippen molar-refractivity contribution in [3.63, 3.8) is 0 Å². The van der Waals surface area contributed by atoms with Crippen molar-refractivity contribution in [3.8, 4) is 5.75 Å². The molecular weight excluding hydrogens is 217 g/mol. The molecule has 15 heavy (non-hydrogen) atoms. The highest BCUT2D eigenvalue weighted by Gasteiger charge is 2.05. The van der Waals surface area contributed by atoms with Crippen molar-refractivity contribution in [1.82, 2.24) is 0 Å². The molecule has 82 valence electrons. The number of halogens is 1. The predicted molar refractivity (Wildman–Crippen MR) is 60.1 cm³/mol. The van der Waals surface area contributed by atoms with Crippen molar-refractivity contribution in [2.45, 2.75) is 5.75 Å². The molecule has 0 aromatic heterocycles. The third-order valence-electron chi connectivity index (χ3n) is 1.76. The second-order valence-corrected chi connectivity index (χ2v) is 3.71. The lowest BCUT2D eigenvalue weighted by Gasteiger charge is -2.04. The fourth-order valence-corrected chi connectivity index (χ4v) is 1.57. The maximum absolute atomic E-state index is 13.4. The second kappa shape index (κ2) is 5.45. The fraction of sp³-hybridized carbons (Fsp3) is 0.222. The van der Waals surface area contributed by atoms with Gasteiger partial charge < -0.3 is 16.3 Å². The molecule has 0 amide bonds. The highest BCUT2D eigenvalue weighted by Crippen LogP contribution is 2.20. The van der Waals surface area contributed by atoms with E-state index in [0.717, 1.165) is 0 Å². The summed E-state index contributed by atoms with van der Waals surface area (Å²) in [6.07, 6.45) is 0. The SMILES string of the molecule is COc1ccc(CS/C(N)=N/N)c(F)c1. The molecule has 0 atom stereocenters. The van der Waals surface area contributed by atoms with E-state index in [-0.39, 0.29) is 11.0 Å². The Morgan fingerprint density at radius 3 is 2.87 bits per heavy atom. The Morgan fingerprint density at radius 2 is 2.33 bits per heavy atom. The number of methoxy groups -OCH3 is 1. The van der Waals surface area contributed by atoms with Gasteiger partial charge in [0.15, 0.2) is 5.17 Å². The van der Waals surface area contributed by atoms with Gasteiger partial charge >= 0.3 is 0 Å². The fourth-order valence-electron chi connectivity index (χ4n) is 0.961. The van der Waals surface area contributed by atoms with Gasteiger partial charge in [-0.3, -0.25) is 0 Å². The highest BCUT2D eigenvalue weighted by molar-refractivity contribution is 8.13. The first kappa shape index (κ1) is 11.6. The van der Waals surface area contributed by atoms with Crippen LogP contribution in [-0.4, -0.2) is 12.3 Å². The molecule has 4 N–H and O–H groups in total. The highest BCUT2D eigenvalue weighted by atomic mass is 32.2. The molecule has 4 nitrogen and oxygen atoms in total. The number of ether oxygens (including phenoxy) is 1. The molecule has 0 aliphatic rings. The number of nitrogens with two attached hydrogens (primary N) is 2. The Morgan fingerprint density at radius 1 is 1.60 bits per heavy atom. The van der Waals surface area contributed by atoms with Gasteiger partial charge in [0.25, 0.3) is 0 Å². The standard InChI is InChI=1S/C9H12FN3OS/c1-14-7-3-2-6(8(10)4-7)5-15-9(11)13-12/h2-4H,5,12H2,1H3,(H2,11,13). The molecule has 0 saturated carbocycles. The summed E-state index contributed by atoms with van der Waals surface area (Å²) in [7, 11) is 1.49. The van der Waals surface area contributed by atoms with Crippen LogP contribution in [-0.2, 0) is 5.75 Å². The minimum absolute atomic E-state index is 0.227. The zero-order valence-corrected chi connectivity index (χ0v) is 9.05. The summed E-state index contributed by atoms with van der Waals surface area (Å²) in [4.78, 5) is 0. The number of amidine groups is 1. The number of hydrogen-bond donors (Lipinski definition) is 2. The van der Waals surface area contributed by atoms with Gasteiger partial charge in [0.2, 0.25) is 0 Å². The van der Waals surface area contributed by atoms with Crippen LogP contribution in [0.25, 0.3) is 0 Å². The predicted octanol–water partition coefficient (Wildman–Crippen LogP) is 1.26. The minimum Gasteiger partial charge on any atom is -0.497 e. The van der Waals surface area contributed by atoms with Crippen molar-refractivity contribution in [2.24, 2.45) is 16.7 Å². The number of benzene rings is 1. The van der Waals surface area contributed by atoms with Crippen LogP contribution in [0.1, 0.15) is 5.56 Å². The number of hydrogen-bond acceptors (Lipinski definition) is 4. The Hall–Kier alpha value is -1.43. The summed E-state index contributed by atoms with van der Waals surface area (Å²) in [6.45, 7) is 0. The van der Waals surface area contributed by atoms with E-state index in [4.69, 9.17) is 16.3 Å².